The first-order valence-electron chi connectivity index (χ1n) is 8.34. The average Bonchev–Trinajstić information content (AvgIpc) is 2.59. The van der Waals surface area contributed by atoms with Crippen molar-refractivity contribution in [2.75, 3.05) is 61.5 Å². The Bertz CT molecular complexity index is 470. The molecular weight excluding hydrogens is 324 g/mol. The van der Waals surface area contributed by atoms with Crippen LogP contribution in [-0.4, -0.2) is 61.3 Å². The number of rotatable bonds is 7. The molecule has 1 fully saturated rings. The van der Waals surface area contributed by atoms with E-state index in [2.05, 4.69) is 57.9 Å². The molecule has 0 atom stereocenters. The van der Waals surface area contributed by atoms with E-state index in [0.29, 0.717) is 5.11 Å². The summed E-state index contributed by atoms with van der Waals surface area (Å²) in [6, 6.07) is 8.58. The smallest absolute Gasteiger partial charge is 0.170 e. The lowest BCUT2D eigenvalue weighted by molar-refractivity contribution is 0.271. The standard InChI is InChI=1S/C17H28N4S2/c1-3-20-10-12-21(13-11-20)16-7-5-15(6-8-16)19-17(22)18-9-4-14-23-2/h5-8H,3-4,9-14H2,1-2H3,(H2,18,19,22). The highest BCUT2D eigenvalue weighted by atomic mass is 32.2. The summed E-state index contributed by atoms with van der Waals surface area (Å²) in [5, 5.41) is 7.20. The quantitative estimate of drug-likeness (QED) is 0.580. The monoisotopic (exact) mass is 352 g/mol. The summed E-state index contributed by atoms with van der Waals surface area (Å²) in [7, 11) is 0. The number of thiocarbonyl (C=S) groups is 1. The van der Waals surface area contributed by atoms with Gasteiger partial charge in [-0.25, -0.2) is 0 Å². The lowest BCUT2D eigenvalue weighted by Gasteiger charge is -2.35. The van der Waals surface area contributed by atoms with Crippen LogP contribution in [-0.2, 0) is 0 Å². The van der Waals surface area contributed by atoms with E-state index in [1.165, 1.54) is 5.69 Å². The van der Waals surface area contributed by atoms with Crippen molar-refractivity contribution in [1.82, 2.24) is 10.2 Å². The van der Waals surface area contributed by atoms with Gasteiger partial charge in [-0.05, 0) is 61.5 Å². The van der Waals surface area contributed by atoms with Crippen LogP contribution in [0.2, 0.25) is 0 Å². The van der Waals surface area contributed by atoms with Gasteiger partial charge in [0.25, 0.3) is 0 Å². The molecule has 0 aromatic heterocycles. The van der Waals surface area contributed by atoms with Crippen molar-refractivity contribution in [3.05, 3.63) is 24.3 Å². The molecule has 1 aromatic carbocycles. The fraction of sp³-hybridized carbons (Fsp3) is 0.588. The molecule has 0 unspecified atom stereocenters. The Morgan fingerprint density at radius 2 is 1.87 bits per heavy atom. The Kier molecular flexibility index (Phi) is 7.99. The van der Waals surface area contributed by atoms with Gasteiger partial charge in [0, 0.05) is 44.1 Å². The summed E-state index contributed by atoms with van der Waals surface area (Å²) in [5.74, 6) is 1.16. The lowest BCUT2D eigenvalue weighted by Crippen LogP contribution is -2.46. The van der Waals surface area contributed by atoms with Gasteiger partial charge in [-0.15, -0.1) is 0 Å². The molecule has 1 aromatic rings. The van der Waals surface area contributed by atoms with Gasteiger partial charge in [-0.3, -0.25) is 0 Å². The maximum Gasteiger partial charge on any atom is 0.170 e. The van der Waals surface area contributed by atoms with E-state index < -0.39 is 0 Å². The van der Waals surface area contributed by atoms with Crippen molar-refractivity contribution in [3.8, 4) is 0 Å². The molecule has 0 bridgehead atoms. The second kappa shape index (κ2) is 10.0. The molecule has 6 heteroatoms. The molecule has 0 amide bonds. The Morgan fingerprint density at radius 3 is 2.48 bits per heavy atom. The lowest BCUT2D eigenvalue weighted by atomic mass is 10.2. The van der Waals surface area contributed by atoms with Gasteiger partial charge in [0.2, 0.25) is 0 Å². The number of hydrogen-bond acceptors (Lipinski definition) is 4. The van der Waals surface area contributed by atoms with Crippen molar-refractivity contribution >= 4 is 40.5 Å². The van der Waals surface area contributed by atoms with Crippen molar-refractivity contribution in [1.29, 1.82) is 0 Å². The van der Waals surface area contributed by atoms with Gasteiger partial charge in [-0.1, -0.05) is 6.92 Å². The molecule has 23 heavy (non-hydrogen) atoms. The number of piperazine rings is 1. The van der Waals surface area contributed by atoms with Crippen LogP contribution >= 0.6 is 24.0 Å². The number of nitrogens with zero attached hydrogens (tertiary/aromatic N) is 2. The molecule has 2 rings (SSSR count). The van der Waals surface area contributed by atoms with Crippen LogP contribution in [0.3, 0.4) is 0 Å². The van der Waals surface area contributed by atoms with E-state index in [1.54, 1.807) is 0 Å². The zero-order valence-electron chi connectivity index (χ0n) is 14.2. The summed E-state index contributed by atoms with van der Waals surface area (Å²) >= 11 is 7.19. The molecule has 0 saturated carbocycles. The van der Waals surface area contributed by atoms with Gasteiger partial charge in [0.15, 0.2) is 5.11 Å². The van der Waals surface area contributed by atoms with Crippen LogP contribution < -0.4 is 15.5 Å². The van der Waals surface area contributed by atoms with Crippen molar-refractivity contribution in [3.63, 3.8) is 0 Å². The van der Waals surface area contributed by atoms with E-state index in [1.807, 2.05) is 11.8 Å². The minimum absolute atomic E-state index is 0.704. The van der Waals surface area contributed by atoms with Gasteiger partial charge in [0.1, 0.15) is 0 Å². The molecule has 0 aliphatic carbocycles. The largest absolute Gasteiger partial charge is 0.369 e. The predicted molar refractivity (Wildman–Crippen MR) is 108 cm³/mol. The Morgan fingerprint density at radius 1 is 1.17 bits per heavy atom. The van der Waals surface area contributed by atoms with Crippen molar-refractivity contribution in [2.45, 2.75) is 13.3 Å². The van der Waals surface area contributed by atoms with E-state index in [-0.39, 0.29) is 0 Å². The average molecular weight is 353 g/mol. The van der Waals surface area contributed by atoms with E-state index in [9.17, 15) is 0 Å². The maximum atomic E-state index is 5.32. The van der Waals surface area contributed by atoms with Crippen LogP contribution in [0.5, 0.6) is 0 Å². The number of benzene rings is 1. The Hall–Kier alpha value is -0.980. The molecule has 0 spiro atoms. The highest BCUT2D eigenvalue weighted by Crippen LogP contribution is 2.19. The molecule has 2 N–H and O–H groups in total. The van der Waals surface area contributed by atoms with Gasteiger partial charge in [0.05, 0.1) is 0 Å². The van der Waals surface area contributed by atoms with Gasteiger partial charge >= 0.3 is 0 Å². The third-order valence-electron chi connectivity index (χ3n) is 4.12. The number of anilines is 2. The minimum atomic E-state index is 0.704. The number of thioether (sulfide) groups is 1. The first-order chi connectivity index (χ1) is 11.2. The fourth-order valence-electron chi connectivity index (χ4n) is 2.67. The number of hydrogen-bond donors (Lipinski definition) is 2. The molecule has 4 nitrogen and oxygen atoms in total. The second-order valence-corrected chi connectivity index (χ2v) is 7.09. The molecular formula is C17H28N4S2. The number of nitrogens with one attached hydrogen (secondary N) is 2. The fourth-order valence-corrected chi connectivity index (χ4v) is 3.32. The van der Waals surface area contributed by atoms with Gasteiger partial charge < -0.3 is 20.4 Å². The van der Waals surface area contributed by atoms with E-state index >= 15 is 0 Å². The van der Waals surface area contributed by atoms with Crippen LogP contribution in [0, 0.1) is 0 Å². The summed E-state index contributed by atoms with van der Waals surface area (Å²) < 4.78 is 0. The molecule has 0 radical (unpaired) electrons. The van der Waals surface area contributed by atoms with Crippen molar-refractivity contribution < 1.29 is 0 Å². The van der Waals surface area contributed by atoms with Crippen LogP contribution in [0.1, 0.15) is 13.3 Å². The number of likely N-dealkylation sites (N-methyl/N-ethyl adjacent to an activating group) is 1. The summed E-state index contributed by atoms with van der Waals surface area (Å²) in [6.45, 7) is 8.83. The molecule has 1 heterocycles. The molecule has 128 valence electrons. The normalized spacial score (nSPS) is 15.5. The van der Waals surface area contributed by atoms with Crippen LogP contribution in [0.4, 0.5) is 11.4 Å². The summed E-state index contributed by atoms with van der Waals surface area (Å²) in [6.07, 6.45) is 3.26. The van der Waals surface area contributed by atoms with E-state index in [0.717, 1.165) is 57.1 Å². The first kappa shape index (κ1) is 18.4. The third kappa shape index (κ3) is 6.20. The Balaban J connectivity index is 1.77. The SMILES string of the molecule is CCN1CCN(c2ccc(NC(=S)NCCCSC)cc2)CC1. The highest BCUT2D eigenvalue weighted by Gasteiger charge is 2.15. The van der Waals surface area contributed by atoms with Crippen LogP contribution in [0.25, 0.3) is 0 Å². The second-order valence-electron chi connectivity index (χ2n) is 5.70. The predicted octanol–water partition coefficient (Wildman–Crippen LogP) is 2.87. The summed E-state index contributed by atoms with van der Waals surface area (Å²) in [5.41, 5.74) is 2.34. The zero-order chi connectivity index (χ0) is 16.5. The maximum absolute atomic E-state index is 5.32. The topological polar surface area (TPSA) is 30.5 Å². The van der Waals surface area contributed by atoms with Crippen LogP contribution in [0.15, 0.2) is 24.3 Å². The zero-order valence-corrected chi connectivity index (χ0v) is 15.8. The minimum Gasteiger partial charge on any atom is -0.369 e. The highest BCUT2D eigenvalue weighted by molar-refractivity contribution is 7.98. The molecule has 1 aliphatic heterocycles. The van der Waals surface area contributed by atoms with Crippen molar-refractivity contribution in [2.24, 2.45) is 0 Å². The Labute approximate surface area is 150 Å². The third-order valence-corrected chi connectivity index (χ3v) is 5.06. The van der Waals surface area contributed by atoms with Gasteiger partial charge in [-0.2, -0.15) is 11.8 Å². The summed E-state index contributed by atoms with van der Waals surface area (Å²) in [4.78, 5) is 4.95. The molecule has 1 aliphatic rings. The van der Waals surface area contributed by atoms with E-state index in [4.69, 9.17) is 12.2 Å². The molecule has 1 saturated heterocycles. The first-order valence-corrected chi connectivity index (χ1v) is 10.1.